The Bertz CT molecular complexity index is 1600. The molecule has 0 saturated heterocycles. The number of phenols is 1. The number of carbonyl (C=O) groups excluding carboxylic acids is 2. The van der Waals surface area contributed by atoms with Gasteiger partial charge in [0.25, 0.3) is 5.91 Å². The van der Waals surface area contributed by atoms with Crippen molar-refractivity contribution in [3.05, 3.63) is 93.8 Å². The molecule has 42 heavy (non-hydrogen) atoms. The van der Waals surface area contributed by atoms with E-state index in [2.05, 4.69) is 10.0 Å². The largest absolute Gasteiger partial charge is 0.507 e. The molecule has 222 valence electrons. The average Bonchev–Trinajstić information content (AvgIpc) is 2.93. The summed E-state index contributed by atoms with van der Waals surface area (Å²) in [7, 11) is -4.15. The first-order chi connectivity index (χ1) is 19.8. The molecule has 0 bridgehead atoms. The van der Waals surface area contributed by atoms with Gasteiger partial charge in [-0.05, 0) is 48.0 Å². The number of carboxylic acid groups (broad SMARTS) is 2. The summed E-state index contributed by atoms with van der Waals surface area (Å²) in [5.74, 6) is -5.43. The first-order valence-corrected chi connectivity index (χ1v) is 15.0. The number of aromatic carboxylic acids is 1. The lowest BCUT2D eigenvalue weighted by Gasteiger charge is -2.16. The highest BCUT2D eigenvalue weighted by atomic mass is 35.5. The zero-order valence-electron chi connectivity index (χ0n) is 21.5. The number of halogens is 2. The van der Waals surface area contributed by atoms with Crippen LogP contribution in [0.25, 0.3) is 0 Å². The Morgan fingerprint density at radius 3 is 2.31 bits per heavy atom. The van der Waals surface area contributed by atoms with Gasteiger partial charge in [0.05, 0.1) is 23.1 Å². The van der Waals surface area contributed by atoms with Crippen molar-refractivity contribution < 1.29 is 47.3 Å². The highest BCUT2D eigenvalue weighted by Gasteiger charge is 2.25. The van der Waals surface area contributed by atoms with E-state index in [1.807, 2.05) is 0 Å². The normalized spacial score (nSPS) is 12.0. The molecule has 5 N–H and O–H groups in total. The number of rotatable bonds is 14. The summed E-state index contributed by atoms with van der Waals surface area (Å²) in [6.07, 6.45) is -0.674. The number of carboxylic acids is 2. The second kappa shape index (κ2) is 14.3. The number of benzene rings is 3. The van der Waals surface area contributed by atoms with Crippen molar-refractivity contribution in [1.82, 2.24) is 10.0 Å². The summed E-state index contributed by atoms with van der Waals surface area (Å²) in [6.45, 7) is -0.225. The lowest BCUT2D eigenvalue weighted by atomic mass is 10.1. The minimum Gasteiger partial charge on any atom is -0.507 e. The van der Waals surface area contributed by atoms with Crippen LogP contribution in [0, 0.1) is 5.82 Å². The fourth-order valence-corrected chi connectivity index (χ4v) is 5.93. The van der Waals surface area contributed by atoms with Gasteiger partial charge in [0.2, 0.25) is 10.0 Å². The first-order valence-electron chi connectivity index (χ1n) is 12.0. The summed E-state index contributed by atoms with van der Waals surface area (Å²) in [4.78, 5) is 47.5. The second-order valence-corrected chi connectivity index (χ2v) is 11.9. The lowest BCUT2D eigenvalue weighted by Crippen LogP contribution is -2.43. The van der Waals surface area contributed by atoms with E-state index in [0.717, 1.165) is 30.0 Å². The number of ketones is 1. The molecule has 3 aromatic carbocycles. The summed E-state index contributed by atoms with van der Waals surface area (Å²) in [6, 6.07) is 11.2. The molecule has 0 heterocycles. The number of aliphatic carboxylic acids is 1. The fourth-order valence-electron chi connectivity index (χ4n) is 3.58. The zero-order chi connectivity index (χ0) is 31.0. The molecule has 0 aromatic heterocycles. The van der Waals surface area contributed by atoms with E-state index in [9.17, 15) is 42.2 Å². The molecule has 1 atom stereocenters. The van der Waals surface area contributed by atoms with Gasteiger partial charge >= 0.3 is 11.9 Å². The summed E-state index contributed by atoms with van der Waals surface area (Å²) in [5.41, 5.74) is 0.112. The molecule has 3 rings (SSSR count). The van der Waals surface area contributed by atoms with E-state index in [1.54, 1.807) is 0 Å². The van der Waals surface area contributed by atoms with Gasteiger partial charge in [0.1, 0.15) is 17.1 Å². The zero-order valence-corrected chi connectivity index (χ0v) is 23.9. The minimum absolute atomic E-state index is 0.0592. The molecular weight excluding hydrogens is 615 g/mol. The molecule has 11 nitrogen and oxygen atoms in total. The van der Waals surface area contributed by atoms with Crippen LogP contribution in [-0.2, 0) is 31.9 Å². The van der Waals surface area contributed by atoms with Gasteiger partial charge in [-0.15, -0.1) is 11.8 Å². The monoisotopic (exact) mass is 638 g/mol. The van der Waals surface area contributed by atoms with Crippen LogP contribution in [-0.4, -0.2) is 59.2 Å². The minimum atomic E-state index is -4.15. The molecule has 0 spiro atoms. The van der Waals surface area contributed by atoms with Gasteiger partial charge in [-0.3, -0.25) is 14.4 Å². The molecule has 0 aliphatic heterocycles. The highest BCUT2D eigenvalue weighted by molar-refractivity contribution is 7.99. The Morgan fingerprint density at radius 1 is 1.00 bits per heavy atom. The summed E-state index contributed by atoms with van der Waals surface area (Å²) >= 11 is 7.00. The maximum Gasteiger partial charge on any atom is 0.339 e. The average molecular weight is 639 g/mol. The maximum absolute atomic E-state index is 14.0. The van der Waals surface area contributed by atoms with E-state index in [0.29, 0.717) is 5.56 Å². The fraction of sp³-hybridized carbons (Fsp3) is 0.185. The molecule has 1 amide bonds. The molecule has 3 aromatic rings. The van der Waals surface area contributed by atoms with Crippen molar-refractivity contribution in [2.24, 2.45) is 0 Å². The SMILES string of the molecule is O=C(O)C[C@H](NC(=O)c1ccc(CNS(=O)(=O)c2ccc(O)c(C(=O)O)c2)cc1)C(=O)CSCc1c(F)cccc1Cl. The van der Waals surface area contributed by atoms with Crippen LogP contribution >= 0.6 is 23.4 Å². The predicted molar refractivity (Wildman–Crippen MR) is 152 cm³/mol. The third-order valence-electron chi connectivity index (χ3n) is 5.82. The number of thioether (sulfide) groups is 1. The van der Waals surface area contributed by atoms with Gasteiger partial charge in [-0.25, -0.2) is 22.3 Å². The van der Waals surface area contributed by atoms with E-state index >= 15 is 0 Å². The predicted octanol–water partition coefficient (Wildman–Crippen LogP) is 3.44. The third kappa shape index (κ3) is 8.76. The number of hydrogen-bond acceptors (Lipinski definition) is 8. The quantitative estimate of drug-likeness (QED) is 0.175. The summed E-state index contributed by atoms with van der Waals surface area (Å²) in [5, 5.41) is 30.5. The first kappa shape index (κ1) is 32.5. The number of carbonyl (C=O) groups is 4. The number of aromatic hydroxyl groups is 1. The van der Waals surface area contributed by atoms with E-state index in [-0.39, 0.29) is 39.1 Å². The number of hydrogen-bond donors (Lipinski definition) is 5. The Kier molecular flexibility index (Phi) is 11.1. The van der Waals surface area contributed by atoms with Crippen LogP contribution in [0.15, 0.2) is 65.6 Å². The molecule has 0 aliphatic carbocycles. The number of sulfonamides is 1. The maximum atomic E-state index is 14.0. The number of amides is 1. The molecule has 0 aliphatic rings. The van der Waals surface area contributed by atoms with Crippen LogP contribution in [0.5, 0.6) is 5.75 Å². The third-order valence-corrected chi connectivity index (χ3v) is 8.55. The highest BCUT2D eigenvalue weighted by Crippen LogP contribution is 2.24. The van der Waals surface area contributed by atoms with Gasteiger partial charge in [0.15, 0.2) is 5.78 Å². The van der Waals surface area contributed by atoms with E-state index in [1.165, 1.54) is 42.5 Å². The Labute approximate surface area is 248 Å². The van der Waals surface area contributed by atoms with E-state index < -0.39 is 63.2 Å². The van der Waals surface area contributed by atoms with Gasteiger partial charge in [-0.2, -0.15) is 0 Å². The second-order valence-electron chi connectivity index (χ2n) is 8.79. The van der Waals surface area contributed by atoms with Crippen LogP contribution < -0.4 is 10.0 Å². The van der Waals surface area contributed by atoms with Crippen LogP contribution in [0.1, 0.15) is 38.3 Å². The molecule has 0 unspecified atom stereocenters. The van der Waals surface area contributed by atoms with Crippen LogP contribution in [0.3, 0.4) is 0 Å². The molecule has 0 radical (unpaired) electrons. The number of Topliss-reactive ketones (excluding diaryl/α,β-unsaturated/α-hetero) is 1. The van der Waals surface area contributed by atoms with Gasteiger partial charge in [-0.1, -0.05) is 29.8 Å². The van der Waals surface area contributed by atoms with Crippen molar-refractivity contribution in [2.75, 3.05) is 5.75 Å². The molecule has 15 heteroatoms. The molecule has 0 saturated carbocycles. The van der Waals surface area contributed by atoms with Crippen molar-refractivity contribution in [3.63, 3.8) is 0 Å². The van der Waals surface area contributed by atoms with Gasteiger partial charge < -0.3 is 20.6 Å². The molecular formula is C27H24ClFN2O9S2. The number of nitrogens with one attached hydrogen (secondary N) is 2. The standard InChI is InChI=1S/C27H24ClFN2O9S2/c28-20-2-1-3-21(29)19(20)13-41-14-24(33)22(11-25(34)35)31-26(36)16-6-4-15(5-7-16)12-30-42(39,40)17-8-9-23(32)18(10-17)27(37)38/h1-10,22,30,32H,11-14H2,(H,31,36)(H,34,35)(H,37,38)/t22-/m0/s1. The van der Waals surface area contributed by atoms with Crippen molar-refractivity contribution in [1.29, 1.82) is 0 Å². The Balaban J connectivity index is 1.61. The van der Waals surface area contributed by atoms with Crippen LogP contribution in [0.2, 0.25) is 5.02 Å². The van der Waals surface area contributed by atoms with Crippen LogP contribution in [0.4, 0.5) is 4.39 Å². The Morgan fingerprint density at radius 2 is 1.69 bits per heavy atom. The van der Waals surface area contributed by atoms with Crippen molar-refractivity contribution in [2.45, 2.75) is 29.7 Å². The van der Waals surface area contributed by atoms with Crippen molar-refractivity contribution >= 4 is 57.0 Å². The van der Waals surface area contributed by atoms with E-state index in [4.69, 9.17) is 16.7 Å². The lowest BCUT2D eigenvalue weighted by molar-refractivity contribution is -0.139. The summed E-state index contributed by atoms with van der Waals surface area (Å²) < 4.78 is 41.4. The smallest absolute Gasteiger partial charge is 0.339 e. The molecule has 0 fully saturated rings. The van der Waals surface area contributed by atoms with Crippen molar-refractivity contribution in [3.8, 4) is 5.75 Å². The Hall–Kier alpha value is -3.98. The topological polar surface area (TPSA) is 187 Å². The van der Waals surface area contributed by atoms with Gasteiger partial charge in [0, 0.05) is 28.4 Å².